The van der Waals surface area contributed by atoms with Gasteiger partial charge >= 0.3 is 11.9 Å². The largest absolute Gasteiger partial charge is 0.416 e. The number of aromatic nitrogens is 4. The normalized spacial score (nSPS) is 15.0. The summed E-state index contributed by atoms with van der Waals surface area (Å²) in [6.07, 6.45) is 2.78. The lowest BCUT2D eigenvalue weighted by molar-refractivity contribution is -0.137. The maximum atomic E-state index is 13.0. The predicted molar refractivity (Wildman–Crippen MR) is 111 cm³/mol. The van der Waals surface area contributed by atoms with Crippen LogP contribution in [0.15, 0.2) is 53.8 Å². The third-order valence-corrected chi connectivity index (χ3v) is 5.65. The summed E-state index contributed by atoms with van der Waals surface area (Å²) in [7, 11) is 0. The molecular weight excluding hydrogens is 441 g/mol. The molecule has 1 saturated heterocycles. The van der Waals surface area contributed by atoms with E-state index in [1.807, 2.05) is 4.90 Å². The second kappa shape index (κ2) is 9.06. The van der Waals surface area contributed by atoms with Crippen molar-refractivity contribution < 1.29 is 23.2 Å². The van der Waals surface area contributed by atoms with Crippen LogP contribution in [0, 0.1) is 5.92 Å². The highest BCUT2D eigenvalue weighted by molar-refractivity contribution is 5.92. The summed E-state index contributed by atoms with van der Waals surface area (Å²) >= 11 is 0. The lowest BCUT2D eigenvalue weighted by Gasteiger charge is -2.31. The summed E-state index contributed by atoms with van der Waals surface area (Å²) in [6.45, 7) is 1.76. The van der Waals surface area contributed by atoms with Crippen LogP contribution < -0.4 is 16.1 Å². The van der Waals surface area contributed by atoms with Gasteiger partial charge in [0.1, 0.15) is 0 Å². The van der Waals surface area contributed by atoms with Crippen molar-refractivity contribution in [2.75, 3.05) is 18.0 Å². The Labute approximate surface area is 186 Å². The smallest absolute Gasteiger partial charge is 0.341 e. The number of benzene rings is 1. The van der Waals surface area contributed by atoms with Gasteiger partial charge in [0.2, 0.25) is 5.95 Å². The molecule has 33 heavy (non-hydrogen) atoms. The summed E-state index contributed by atoms with van der Waals surface area (Å²) in [4.78, 5) is 34.4. The Morgan fingerprint density at radius 1 is 1.15 bits per heavy atom. The lowest BCUT2D eigenvalue weighted by atomic mass is 9.97. The number of carbonyl (C=O) groups excluding carboxylic acids is 1. The minimum Gasteiger partial charge on any atom is -0.341 e. The number of hydrogen-bond donors (Lipinski definition) is 2. The van der Waals surface area contributed by atoms with Crippen molar-refractivity contribution in [3.8, 4) is 5.69 Å². The van der Waals surface area contributed by atoms with Gasteiger partial charge in [-0.05, 0) is 37.0 Å². The van der Waals surface area contributed by atoms with E-state index < -0.39 is 23.3 Å². The zero-order chi connectivity index (χ0) is 23.6. The molecule has 3 heterocycles. The highest BCUT2D eigenvalue weighted by atomic mass is 19.4. The number of piperidine rings is 1. The molecule has 0 unspecified atom stereocenters. The Balaban J connectivity index is 1.39. The van der Waals surface area contributed by atoms with Crippen LogP contribution in [0.4, 0.5) is 19.1 Å². The second-order valence-corrected chi connectivity index (χ2v) is 7.79. The first kappa shape index (κ1) is 22.5. The number of hydrogen-bond acceptors (Lipinski definition) is 6. The van der Waals surface area contributed by atoms with Gasteiger partial charge in [-0.1, -0.05) is 6.07 Å². The molecule has 0 bridgehead atoms. The van der Waals surface area contributed by atoms with Gasteiger partial charge < -0.3 is 4.90 Å². The Morgan fingerprint density at radius 3 is 2.48 bits per heavy atom. The van der Waals surface area contributed by atoms with Crippen LogP contribution in [-0.4, -0.2) is 43.3 Å². The van der Waals surface area contributed by atoms with Gasteiger partial charge in [-0.25, -0.2) is 20.2 Å². The van der Waals surface area contributed by atoms with E-state index in [0.29, 0.717) is 25.6 Å². The molecule has 0 spiro atoms. The number of imidazole rings is 1. The molecule has 9 nitrogen and oxygen atoms in total. The quantitative estimate of drug-likeness (QED) is 0.446. The van der Waals surface area contributed by atoms with Crippen molar-refractivity contribution in [3.63, 3.8) is 0 Å². The molecule has 0 saturated carbocycles. The second-order valence-electron chi connectivity index (χ2n) is 7.79. The number of hydroxylamine groups is 1. The molecule has 174 valence electrons. The lowest BCUT2D eigenvalue weighted by Crippen LogP contribution is -2.37. The van der Waals surface area contributed by atoms with Gasteiger partial charge in [0.25, 0.3) is 5.91 Å². The number of alkyl halides is 3. The van der Waals surface area contributed by atoms with Crippen molar-refractivity contribution in [1.29, 1.82) is 0 Å². The van der Waals surface area contributed by atoms with Crippen LogP contribution in [-0.2, 0) is 12.7 Å². The fourth-order valence-corrected chi connectivity index (χ4v) is 3.84. The van der Waals surface area contributed by atoms with E-state index in [-0.39, 0.29) is 17.2 Å². The predicted octanol–water partition coefficient (Wildman–Crippen LogP) is 2.48. The Kier molecular flexibility index (Phi) is 6.18. The van der Waals surface area contributed by atoms with Gasteiger partial charge in [0, 0.05) is 44.4 Å². The van der Waals surface area contributed by atoms with Gasteiger partial charge in [0.15, 0.2) is 0 Å². The molecule has 12 heteroatoms. The number of rotatable bonds is 5. The fraction of sp³-hybridized carbons (Fsp3) is 0.333. The van der Waals surface area contributed by atoms with Gasteiger partial charge in [-0.15, -0.1) is 0 Å². The van der Waals surface area contributed by atoms with E-state index in [1.165, 1.54) is 45.3 Å². The zero-order valence-electron chi connectivity index (χ0n) is 17.4. The molecule has 0 radical (unpaired) electrons. The first-order valence-corrected chi connectivity index (χ1v) is 10.2. The van der Waals surface area contributed by atoms with Gasteiger partial charge in [0.05, 0.1) is 16.8 Å². The van der Waals surface area contributed by atoms with Crippen LogP contribution in [0.25, 0.3) is 5.69 Å². The van der Waals surface area contributed by atoms with Crippen LogP contribution >= 0.6 is 0 Å². The minimum absolute atomic E-state index is 0.140. The number of nitrogens with zero attached hydrogens (tertiary/aromatic N) is 5. The molecule has 1 amide bonds. The SMILES string of the molecule is O=C(NO)c1cnc(N2CCC(Cn3ccn(-c4cccc(C(F)(F)F)c4)c3=O)CC2)nc1. The highest BCUT2D eigenvalue weighted by Crippen LogP contribution is 2.30. The van der Waals surface area contributed by atoms with Crippen molar-refractivity contribution in [1.82, 2.24) is 24.6 Å². The van der Waals surface area contributed by atoms with Gasteiger partial charge in [-0.2, -0.15) is 13.2 Å². The average molecular weight is 462 g/mol. The van der Waals surface area contributed by atoms with Crippen LogP contribution in [0.5, 0.6) is 0 Å². The van der Waals surface area contributed by atoms with Crippen molar-refractivity contribution in [2.24, 2.45) is 5.92 Å². The van der Waals surface area contributed by atoms with E-state index in [0.717, 1.165) is 25.0 Å². The first-order chi connectivity index (χ1) is 15.8. The molecule has 0 aliphatic carbocycles. The molecular formula is C21H21F3N6O3. The third-order valence-electron chi connectivity index (χ3n) is 5.65. The highest BCUT2D eigenvalue weighted by Gasteiger charge is 2.30. The number of anilines is 1. The molecule has 1 aliphatic rings. The van der Waals surface area contributed by atoms with E-state index in [4.69, 9.17) is 5.21 Å². The summed E-state index contributed by atoms with van der Waals surface area (Å²) in [5.74, 6) is -0.0191. The number of amides is 1. The van der Waals surface area contributed by atoms with Crippen molar-refractivity contribution >= 4 is 11.9 Å². The minimum atomic E-state index is -4.48. The monoisotopic (exact) mass is 462 g/mol. The maximum Gasteiger partial charge on any atom is 0.416 e. The van der Waals surface area contributed by atoms with Crippen molar-refractivity contribution in [3.05, 3.63) is 70.7 Å². The molecule has 1 aromatic carbocycles. The molecule has 2 aromatic heterocycles. The summed E-state index contributed by atoms with van der Waals surface area (Å²) in [5.41, 5.74) is 0.631. The van der Waals surface area contributed by atoms with Gasteiger partial charge in [-0.3, -0.25) is 19.1 Å². The molecule has 3 aromatic rings. The number of nitrogens with one attached hydrogen (secondary N) is 1. The molecule has 1 fully saturated rings. The van der Waals surface area contributed by atoms with Crippen LogP contribution in [0.3, 0.4) is 0 Å². The Bertz CT molecular complexity index is 1180. The molecule has 1 aliphatic heterocycles. The molecule has 2 N–H and O–H groups in total. The van der Waals surface area contributed by atoms with E-state index in [9.17, 15) is 22.8 Å². The summed E-state index contributed by atoms with van der Waals surface area (Å²) < 4.78 is 41.7. The van der Waals surface area contributed by atoms with Crippen LogP contribution in [0.1, 0.15) is 28.8 Å². The zero-order valence-corrected chi connectivity index (χ0v) is 17.4. The number of halogens is 3. The topological polar surface area (TPSA) is 105 Å². The summed E-state index contributed by atoms with van der Waals surface area (Å²) in [6, 6.07) is 4.68. The Morgan fingerprint density at radius 2 is 1.85 bits per heavy atom. The van der Waals surface area contributed by atoms with E-state index >= 15 is 0 Å². The van der Waals surface area contributed by atoms with Crippen LogP contribution in [0.2, 0.25) is 0 Å². The Hall–Kier alpha value is -3.67. The number of carbonyl (C=O) groups is 1. The maximum absolute atomic E-state index is 13.0. The van der Waals surface area contributed by atoms with E-state index in [1.54, 1.807) is 6.20 Å². The molecule has 4 rings (SSSR count). The fourth-order valence-electron chi connectivity index (χ4n) is 3.84. The van der Waals surface area contributed by atoms with E-state index in [2.05, 4.69) is 9.97 Å². The standard InChI is InChI=1S/C21H21F3N6O3/c22-21(23,24)16-2-1-3-17(10-16)30-9-8-29(20(30)32)13-14-4-6-28(7-5-14)19-25-11-15(12-26-19)18(31)27-33/h1-3,8-12,14,33H,4-7,13H2,(H,27,31). The first-order valence-electron chi connectivity index (χ1n) is 10.2. The summed E-state index contributed by atoms with van der Waals surface area (Å²) in [5, 5.41) is 8.65. The average Bonchev–Trinajstić information content (AvgIpc) is 3.18. The van der Waals surface area contributed by atoms with Crippen molar-refractivity contribution in [2.45, 2.75) is 25.6 Å². The third kappa shape index (κ3) is 4.90. The molecule has 0 atom stereocenters.